The predicted octanol–water partition coefficient (Wildman–Crippen LogP) is 2.61. The van der Waals surface area contributed by atoms with Gasteiger partial charge in [-0.15, -0.1) is 0 Å². The third kappa shape index (κ3) is 2.57. The van der Waals surface area contributed by atoms with Crippen molar-refractivity contribution in [2.45, 2.75) is 13.8 Å². The highest BCUT2D eigenvalue weighted by Gasteiger charge is 2.16. The van der Waals surface area contributed by atoms with Crippen molar-refractivity contribution in [3.63, 3.8) is 0 Å². The number of nitriles is 1. The number of fused-ring (bicyclic) bond motifs is 3. The summed E-state index contributed by atoms with van der Waals surface area (Å²) in [5.74, 6) is 0.0802. The molecule has 6 heteroatoms. The van der Waals surface area contributed by atoms with Crippen LogP contribution in [-0.2, 0) is 0 Å². The van der Waals surface area contributed by atoms with E-state index in [1.54, 1.807) is 31.2 Å². The molecule has 132 valence electrons. The Morgan fingerprint density at radius 2 is 2.00 bits per heavy atom. The first-order chi connectivity index (χ1) is 13.0. The number of anilines is 1. The van der Waals surface area contributed by atoms with Crippen molar-refractivity contribution >= 4 is 28.6 Å². The van der Waals surface area contributed by atoms with Gasteiger partial charge in [0.15, 0.2) is 5.65 Å². The SMILES string of the molecule is Cc1ccc(O)c(N/C=c2/c(C)c(C#N)c3nc4ccccc4n3c2=O)c1. The first-order valence-electron chi connectivity index (χ1n) is 8.41. The number of benzene rings is 2. The number of phenolic OH excluding ortho intramolecular Hbond substituents is 1. The van der Waals surface area contributed by atoms with Crippen molar-refractivity contribution in [1.82, 2.24) is 9.38 Å². The molecule has 0 saturated heterocycles. The average molecular weight is 356 g/mol. The summed E-state index contributed by atoms with van der Waals surface area (Å²) >= 11 is 0. The maximum atomic E-state index is 13.1. The van der Waals surface area contributed by atoms with E-state index in [-0.39, 0.29) is 11.3 Å². The van der Waals surface area contributed by atoms with Gasteiger partial charge in [0.05, 0.1) is 27.5 Å². The Balaban J connectivity index is 2.03. The minimum Gasteiger partial charge on any atom is -0.506 e. The predicted molar refractivity (Wildman–Crippen MR) is 105 cm³/mol. The van der Waals surface area contributed by atoms with Gasteiger partial charge in [-0.3, -0.25) is 9.20 Å². The Labute approximate surface area is 154 Å². The van der Waals surface area contributed by atoms with Crippen molar-refractivity contribution in [2.75, 3.05) is 5.32 Å². The van der Waals surface area contributed by atoms with Crippen LogP contribution in [0.15, 0.2) is 47.3 Å². The molecule has 4 rings (SSSR count). The fourth-order valence-electron chi connectivity index (χ4n) is 3.20. The maximum absolute atomic E-state index is 13.1. The summed E-state index contributed by atoms with van der Waals surface area (Å²) in [7, 11) is 0. The topological polar surface area (TPSA) is 90.4 Å². The van der Waals surface area contributed by atoms with E-state index in [0.29, 0.717) is 38.7 Å². The number of para-hydroxylation sites is 2. The highest BCUT2D eigenvalue weighted by molar-refractivity contribution is 5.82. The molecular weight excluding hydrogens is 340 g/mol. The van der Waals surface area contributed by atoms with Crippen LogP contribution >= 0.6 is 0 Å². The third-order valence-corrected chi connectivity index (χ3v) is 4.63. The monoisotopic (exact) mass is 356 g/mol. The van der Waals surface area contributed by atoms with Crippen LogP contribution < -0.4 is 16.1 Å². The number of aromatic hydroxyl groups is 1. The molecule has 0 saturated carbocycles. The number of rotatable bonds is 2. The molecule has 4 aromatic rings. The van der Waals surface area contributed by atoms with Crippen LogP contribution in [0.25, 0.3) is 22.9 Å². The largest absolute Gasteiger partial charge is 0.506 e. The van der Waals surface area contributed by atoms with Gasteiger partial charge in [-0.05, 0) is 49.2 Å². The fraction of sp³-hybridized carbons (Fsp3) is 0.0952. The number of phenols is 1. The summed E-state index contributed by atoms with van der Waals surface area (Å²) in [5, 5.41) is 23.0. The minimum absolute atomic E-state index is 0.0802. The number of imidazole rings is 1. The number of pyridine rings is 1. The molecule has 0 aliphatic carbocycles. The molecule has 0 atom stereocenters. The lowest BCUT2D eigenvalue weighted by Crippen LogP contribution is -2.34. The summed E-state index contributed by atoms with van der Waals surface area (Å²) in [5.41, 5.74) is 3.76. The molecule has 2 aromatic heterocycles. The quantitative estimate of drug-likeness (QED) is 0.539. The van der Waals surface area contributed by atoms with Gasteiger partial charge in [-0.25, -0.2) is 4.98 Å². The van der Waals surface area contributed by atoms with E-state index in [0.717, 1.165) is 5.56 Å². The lowest BCUT2D eigenvalue weighted by atomic mass is 10.1. The highest BCUT2D eigenvalue weighted by atomic mass is 16.3. The molecule has 0 radical (unpaired) electrons. The van der Waals surface area contributed by atoms with E-state index in [1.165, 1.54) is 10.6 Å². The van der Waals surface area contributed by atoms with Crippen LogP contribution in [0.2, 0.25) is 0 Å². The molecule has 6 nitrogen and oxygen atoms in total. The second-order valence-electron chi connectivity index (χ2n) is 6.40. The normalized spacial score (nSPS) is 11.8. The van der Waals surface area contributed by atoms with Gasteiger partial charge < -0.3 is 10.4 Å². The van der Waals surface area contributed by atoms with Crippen LogP contribution in [0.4, 0.5) is 5.69 Å². The number of aryl methyl sites for hydroxylation is 1. The molecule has 0 bridgehead atoms. The van der Waals surface area contributed by atoms with E-state index in [9.17, 15) is 15.2 Å². The minimum atomic E-state index is -0.269. The molecule has 27 heavy (non-hydrogen) atoms. The van der Waals surface area contributed by atoms with E-state index in [2.05, 4.69) is 16.4 Å². The van der Waals surface area contributed by atoms with Gasteiger partial charge in [0.25, 0.3) is 5.56 Å². The molecule has 0 amide bonds. The number of hydrogen-bond donors (Lipinski definition) is 2. The first-order valence-corrected chi connectivity index (χ1v) is 8.41. The summed E-state index contributed by atoms with van der Waals surface area (Å²) in [6.45, 7) is 3.63. The third-order valence-electron chi connectivity index (χ3n) is 4.63. The zero-order chi connectivity index (χ0) is 19.1. The first kappa shape index (κ1) is 16.6. The number of nitrogens with zero attached hydrogens (tertiary/aromatic N) is 3. The Morgan fingerprint density at radius 1 is 1.22 bits per heavy atom. The Hall–Kier alpha value is -3.85. The van der Waals surface area contributed by atoms with Crippen LogP contribution in [0.3, 0.4) is 0 Å². The summed E-state index contributed by atoms with van der Waals surface area (Å²) in [6.07, 6.45) is 1.53. The highest BCUT2D eigenvalue weighted by Crippen LogP contribution is 2.24. The maximum Gasteiger partial charge on any atom is 0.265 e. The van der Waals surface area contributed by atoms with Gasteiger partial charge in [0, 0.05) is 6.20 Å². The molecule has 2 heterocycles. The van der Waals surface area contributed by atoms with E-state index >= 15 is 0 Å². The van der Waals surface area contributed by atoms with Gasteiger partial charge in [0.1, 0.15) is 11.8 Å². The summed E-state index contributed by atoms with van der Waals surface area (Å²) in [4.78, 5) is 17.6. The molecular formula is C21H16N4O2. The van der Waals surface area contributed by atoms with Crippen molar-refractivity contribution in [2.24, 2.45) is 0 Å². The second-order valence-corrected chi connectivity index (χ2v) is 6.40. The van der Waals surface area contributed by atoms with Crippen molar-refractivity contribution in [3.8, 4) is 11.8 Å². The van der Waals surface area contributed by atoms with E-state index in [1.807, 2.05) is 25.1 Å². The van der Waals surface area contributed by atoms with Crippen LogP contribution in [0.5, 0.6) is 5.75 Å². The number of aromatic nitrogens is 2. The fourth-order valence-corrected chi connectivity index (χ4v) is 3.20. The van der Waals surface area contributed by atoms with Gasteiger partial charge >= 0.3 is 0 Å². The molecule has 0 aliphatic heterocycles. The van der Waals surface area contributed by atoms with Gasteiger partial charge in [-0.1, -0.05) is 18.2 Å². The molecule has 0 aliphatic rings. The molecule has 0 unspecified atom stereocenters. The van der Waals surface area contributed by atoms with Crippen LogP contribution in [0.1, 0.15) is 16.7 Å². The lowest BCUT2D eigenvalue weighted by Gasteiger charge is -2.06. The smallest absolute Gasteiger partial charge is 0.265 e. The molecule has 0 fully saturated rings. The zero-order valence-corrected chi connectivity index (χ0v) is 14.8. The van der Waals surface area contributed by atoms with Crippen molar-refractivity contribution in [3.05, 3.63) is 74.7 Å². The number of nitrogens with one attached hydrogen (secondary N) is 1. The Morgan fingerprint density at radius 3 is 2.78 bits per heavy atom. The lowest BCUT2D eigenvalue weighted by molar-refractivity contribution is 0.477. The molecule has 0 spiro atoms. The standard InChI is InChI=1S/C21H16N4O2/c1-12-7-8-19(26)17(9-12)23-11-15-13(2)14(10-22)20-24-16-5-3-4-6-18(16)25(20)21(15)27/h3-9,11,23,26H,1-2H3/b15-11-. The van der Waals surface area contributed by atoms with Crippen molar-refractivity contribution < 1.29 is 5.11 Å². The molecule has 2 N–H and O–H groups in total. The van der Waals surface area contributed by atoms with E-state index < -0.39 is 0 Å². The van der Waals surface area contributed by atoms with Crippen molar-refractivity contribution in [1.29, 1.82) is 5.26 Å². The second kappa shape index (κ2) is 6.15. The van der Waals surface area contributed by atoms with Gasteiger partial charge in [-0.2, -0.15) is 5.26 Å². The van der Waals surface area contributed by atoms with Crippen LogP contribution in [-0.4, -0.2) is 14.5 Å². The van der Waals surface area contributed by atoms with E-state index in [4.69, 9.17) is 0 Å². The number of hydrogen-bond acceptors (Lipinski definition) is 5. The Bertz CT molecular complexity index is 1360. The average Bonchev–Trinajstić information content (AvgIpc) is 3.04. The Kier molecular flexibility index (Phi) is 3.78. The van der Waals surface area contributed by atoms with Gasteiger partial charge in [0.2, 0.25) is 0 Å². The zero-order valence-electron chi connectivity index (χ0n) is 14.8. The van der Waals surface area contributed by atoms with Crippen LogP contribution in [0, 0.1) is 25.2 Å². The summed E-state index contributed by atoms with van der Waals surface area (Å²) < 4.78 is 1.46. The molecule has 2 aromatic carbocycles. The summed E-state index contributed by atoms with van der Waals surface area (Å²) in [6, 6.07) is 14.6.